The van der Waals surface area contributed by atoms with Crippen molar-refractivity contribution in [2.75, 3.05) is 19.5 Å². The molecule has 2 rings (SSSR count). The number of methoxy groups -OCH3 is 2. The maximum Gasteiger partial charge on any atom is 0.224 e. The number of hydrogen-bond acceptors (Lipinski definition) is 3. The van der Waals surface area contributed by atoms with Crippen LogP contribution in [-0.4, -0.2) is 20.1 Å². The van der Waals surface area contributed by atoms with E-state index in [0.717, 1.165) is 12.1 Å². The predicted molar refractivity (Wildman–Crippen MR) is 82.9 cm³/mol. The van der Waals surface area contributed by atoms with Crippen LogP contribution >= 0.6 is 0 Å². The zero-order chi connectivity index (χ0) is 16.8. The zero-order valence-electron chi connectivity index (χ0n) is 12.9. The molecule has 6 heteroatoms. The molecule has 23 heavy (non-hydrogen) atoms. The van der Waals surface area contributed by atoms with Crippen LogP contribution in [0.1, 0.15) is 12.0 Å². The lowest BCUT2D eigenvalue weighted by molar-refractivity contribution is -0.116. The van der Waals surface area contributed by atoms with Crippen LogP contribution in [0, 0.1) is 11.6 Å². The average molecular weight is 321 g/mol. The molecule has 0 saturated heterocycles. The Hall–Kier alpha value is -2.63. The molecule has 0 spiro atoms. The van der Waals surface area contributed by atoms with Gasteiger partial charge in [-0.05, 0) is 36.2 Å². The molecular weight excluding hydrogens is 304 g/mol. The van der Waals surface area contributed by atoms with E-state index in [-0.39, 0.29) is 12.3 Å². The second kappa shape index (κ2) is 7.58. The van der Waals surface area contributed by atoms with E-state index in [2.05, 4.69) is 5.32 Å². The average Bonchev–Trinajstić information content (AvgIpc) is 2.55. The van der Waals surface area contributed by atoms with Crippen LogP contribution in [0.2, 0.25) is 0 Å². The first-order chi connectivity index (χ1) is 11.0. The maximum atomic E-state index is 13.1. The third-order valence-corrected chi connectivity index (χ3v) is 3.31. The van der Waals surface area contributed by atoms with Crippen molar-refractivity contribution >= 4 is 11.6 Å². The highest BCUT2D eigenvalue weighted by Crippen LogP contribution is 2.29. The first-order valence-corrected chi connectivity index (χ1v) is 6.99. The number of anilines is 1. The number of hydrogen-bond donors (Lipinski definition) is 1. The van der Waals surface area contributed by atoms with Gasteiger partial charge in [0.15, 0.2) is 11.6 Å². The molecule has 0 aliphatic heterocycles. The van der Waals surface area contributed by atoms with Gasteiger partial charge in [0, 0.05) is 12.5 Å². The molecule has 0 unspecified atom stereocenters. The number of carbonyl (C=O) groups is 1. The third-order valence-electron chi connectivity index (χ3n) is 3.31. The highest BCUT2D eigenvalue weighted by molar-refractivity contribution is 5.92. The monoisotopic (exact) mass is 321 g/mol. The van der Waals surface area contributed by atoms with Crippen molar-refractivity contribution in [1.82, 2.24) is 0 Å². The van der Waals surface area contributed by atoms with Crippen molar-refractivity contribution in [3.8, 4) is 11.5 Å². The number of amides is 1. The molecule has 0 bridgehead atoms. The van der Waals surface area contributed by atoms with E-state index in [1.165, 1.54) is 20.3 Å². The van der Waals surface area contributed by atoms with Crippen LogP contribution in [0.5, 0.6) is 11.5 Å². The quantitative estimate of drug-likeness (QED) is 0.885. The van der Waals surface area contributed by atoms with Crippen LogP contribution in [0.4, 0.5) is 14.5 Å². The molecular formula is C17H17F2NO3. The number of carbonyl (C=O) groups excluding carboxylic acids is 1. The number of ether oxygens (including phenoxy) is 2. The minimum atomic E-state index is -0.919. The molecule has 0 aromatic heterocycles. The standard InChI is InChI=1S/C17H17F2NO3/c1-22-12-5-7-16(23-2)15(10-12)20-17(21)8-4-11-3-6-13(18)14(19)9-11/h3,5-7,9-10H,4,8H2,1-2H3,(H,20,21). The van der Waals surface area contributed by atoms with E-state index >= 15 is 0 Å². The van der Waals surface area contributed by atoms with Gasteiger partial charge in [0.25, 0.3) is 0 Å². The molecule has 0 fully saturated rings. The second-order valence-corrected chi connectivity index (χ2v) is 4.86. The van der Waals surface area contributed by atoms with Gasteiger partial charge in [-0.3, -0.25) is 4.79 Å². The van der Waals surface area contributed by atoms with Crippen molar-refractivity contribution in [3.05, 3.63) is 53.6 Å². The Bertz CT molecular complexity index is 704. The fraction of sp³-hybridized carbons (Fsp3) is 0.235. The summed E-state index contributed by atoms with van der Waals surface area (Å²) in [6, 6.07) is 8.65. The predicted octanol–water partition coefficient (Wildman–Crippen LogP) is 3.55. The van der Waals surface area contributed by atoms with Gasteiger partial charge >= 0.3 is 0 Å². The number of nitrogens with one attached hydrogen (secondary N) is 1. The molecule has 0 aliphatic carbocycles. The molecule has 2 aromatic carbocycles. The van der Waals surface area contributed by atoms with Crippen LogP contribution in [0.15, 0.2) is 36.4 Å². The first kappa shape index (κ1) is 16.7. The molecule has 0 saturated carbocycles. The van der Waals surface area contributed by atoms with Gasteiger partial charge in [0.1, 0.15) is 11.5 Å². The number of aryl methyl sites for hydroxylation is 1. The van der Waals surface area contributed by atoms with E-state index in [1.807, 2.05) is 0 Å². The number of benzene rings is 2. The number of rotatable bonds is 6. The van der Waals surface area contributed by atoms with Gasteiger partial charge in [0.05, 0.1) is 19.9 Å². The lowest BCUT2D eigenvalue weighted by Gasteiger charge is -2.11. The summed E-state index contributed by atoms with van der Waals surface area (Å²) in [5.74, 6) is -0.994. The Labute approximate surface area is 133 Å². The van der Waals surface area contributed by atoms with Gasteiger partial charge in [-0.15, -0.1) is 0 Å². The summed E-state index contributed by atoms with van der Waals surface area (Å²) < 4.78 is 36.3. The van der Waals surface area contributed by atoms with Gasteiger partial charge in [-0.2, -0.15) is 0 Å². The van der Waals surface area contributed by atoms with E-state index in [4.69, 9.17) is 9.47 Å². The fourth-order valence-electron chi connectivity index (χ4n) is 2.08. The molecule has 1 N–H and O–H groups in total. The van der Waals surface area contributed by atoms with Gasteiger partial charge in [-0.1, -0.05) is 6.07 Å². The van der Waals surface area contributed by atoms with Crippen molar-refractivity contribution < 1.29 is 23.0 Å². The minimum Gasteiger partial charge on any atom is -0.497 e. The van der Waals surface area contributed by atoms with Gasteiger partial charge in [0.2, 0.25) is 5.91 Å². The van der Waals surface area contributed by atoms with Crippen molar-refractivity contribution in [1.29, 1.82) is 0 Å². The molecule has 4 nitrogen and oxygen atoms in total. The van der Waals surface area contributed by atoms with E-state index < -0.39 is 11.6 Å². The molecule has 0 heterocycles. The SMILES string of the molecule is COc1ccc(OC)c(NC(=O)CCc2ccc(F)c(F)c2)c1. The smallest absolute Gasteiger partial charge is 0.224 e. The molecule has 0 atom stereocenters. The Morgan fingerprint density at radius 3 is 2.48 bits per heavy atom. The first-order valence-electron chi connectivity index (χ1n) is 6.99. The number of halogens is 2. The van der Waals surface area contributed by atoms with E-state index in [0.29, 0.717) is 29.2 Å². The Morgan fingerprint density at radius 2 is 1.83 bits per heavy atom. The Balaban J connectivity index is 2.00. The third kappa shape index (κ3) is 4.42. The van der Waals surface area contributed by atoms with Crippen LogP contribution in [0.25, 0.3) is 0 Å². The van der Waals surface area contributed by atoms with Crippen molar-refractivity contribution in [2.24, 2.45) is 0 Å². The lowest BCUT2D eigenvalue weighted by Crippen LogP contribution is -2.13. The Morgan fingerprint density at radius 1 is 1.04 bits per heavy atom. The Kier molecular flexibility index (Phi) is 5.51. The summed E-state index contributed by atoms with van der Waals surface area (Å²) in [6.45, 7) is 0. The summed E-state index contributed by atoms with van der Waals surface area (Å²) in [5, 5.41) is 2.72. The largest absolute Gasteiger partial charge is 0.497 e. The van der Waals surface area contributed by atoms with E-state index in [9.17, 15) is 13.6 Å². The fourth-order valence-corrected chi connectivity index (χ4v) is 2.08. The molecule has 0 aliphatic rings. The lowest BCUT2D eigenvalue weighted by atomic mass is 10.1. The summed E-state index contributed by atoms with van der Waals surface area (Å²) >= 11 is 0. The topological polar surface area (TPSA) is 47.6 Å². The van der Waals surface area contributed by atoms with Crippen molar-refractivity contribution in [3.63, 3.8) is 0 Å². The summed E-state index contributed by atoms with van der Waals surface area (Å²) in [7, 11) is 3.02. The summed E-state index contributed by atoms with van der Waals surface area (Å²) in [6.07, 6.45) is 0.431. The highest BCUT2D eigenvalue weighted by atomic mass is 19.2. The van der Waals surface area contributed by atoms with E-state index in [1.54, 1.807) is 18.2 Å². The van der Waals surface area contributed by atoms with Crippen LogP contribution < -0.4 is 14.8 Å². The molecule has 1 amide bonds. The maximum absolute atomic E-state index is 13.1. The minimum absolute atomic E-state index is 0.130. The zero-order valence-corrected chi connectivity index (χ0v) is 12.9. The molecule has 2 aromatic rings. The van der Waals surface area contributed by atoms with Crippen LogP contribution in [-0.2, 0) is 11.2 Å². The summed E-state index contributed by atoms with van der Waals surface area (Å²) in [5.41, 5.74) is 1.04. The summed E-state index contributed by atoms with van der Waals surface area (Å²) in [4.78, 5) is 12.0. The molecule has 122 valence electrons. The molecule has 0 radical (unpaired) electrons. The normalized spacial score (nSPS) is 10.3. The van der Waals surface area contributed by atoms with Crippen LogP contribution in [0.3, 0.4) is 0 Å². The van der Waals surface area contributed by atoms with Gasteiger partial charge < -0.3 is 14.8 Å². The second-order valence-electron chi connectivity index (χ2n) is 4.86. The van der Waals surface area contributed by atoms with Gasteiger partial charge in [-0.25, -0.2) is 8.78 Å². The van der Waals surface area contributed by atoms with Crippen molar-refractivity contribution in [2.45, 2.75) is 12.8 Å². The highest BCUT2D eigenvalue weighted by Gasteiger charge is 2.10.